The topological polar surface area (TPSA) is 77.2 Å². The number of carbonyl (C=O) groups excluding carboxylic acids is 1. The van der Waals surface area contributed by atoms with Crippen LogP contribution >= 0.6 is 0 Å². The van der Waals surface area contributed by atoms with Gasteiger partial charge in [-0.15, -0.1) is 0 Å². The molecular weight excluding hydrogens is 456 g/mol. The summed E-state index contributed by atoms with van der Waals surface area (Å²) in [4.78, 5) is 22.4. The van der Waals surface area contributed by atoms with E-state index in [4.69, 9.17) is 0 Å². The molecule has 6 nitrogen and oxygen atoms in total. The molecule has 0 aliphatic rings. The molecule has 0 aliphatic carbocycles. The van der Waals surface area contributed by atoms with Crippen LogP contribution < -0.4 is 5.32 Å². The summed E-state index contributed by atoms with van der Waals surface area (Å²) < 4.78 is 81.1. The SMILES string of the molecule is Cc1cc(C(=O)Nc2ccc([N+](=O)[O-])c(C(F)(F)F)c2)c(C)n1-c1ccccc1C(F)(F)F. The second-order valence-electron chi connectivity index (χ2n) is 7.08. The number of aryl methyl sites for hydroxylation is 1. The number of hydrogen-bond donors (Lipinski definition) is 1. The number of benzene rings is 2. The van der Waals surface area contributed by atoms with Crippen LogP contribution in [0, 0.1) is 24.0 Å². The number of nitrogens with zero attached hydrogens (tertiary/aromatic N) is 2. The van der Waals surface area contributed by atoms with Crippen LogP contribution in [0.4, 0.5) is 37.7 Å². The van der Waals surface area contributed by atoms with Gasteiger partial charge in [0.15, 0.2) is 0 Å². The third-order valence-electron chi connectivity index (χ3n) is 4.88. The molecule has 0 radical (unpaired) electrons. The van der Waals surface area contributed by atoms with Gasteiger partial charge in [0.25, 0.3) is 11.6 Å². The quantitative estimate of drug-likeness (QED) is 0.276. The number of rotatable bonds is 4. The second kappa shape index (κ2) is 8.26. The number of halogens is 6. The Morgan fingerprint density at radius 2 is 1.55 bits per heavy atom. The van der Waals surface area contributed by atoms with E-state index in [-0.39, 0.29) is 28.3 Å². The van der Waals surface area contributed by atoms with E-state index >= 15 is 0 Å². The summed E-state index contributed by atoms with van der Waals surface area (Å²) in [7, 11) is 0. The summed E-state index contributed by atoms with van der Waals surface area (Å²) in [6.45, 7) is 2.87. The minimum absolute atomic E-state index is 0.0728. The van der Waals surface area contributed by atoms with Gasteiger partial charge >= 0.3 is 12.4 Å². The van der Waals surface area contributed by atoms with Crippen LogP contribution in [-0.4, -0.2) is 15.4 Å². The normalized spacial score (nSPS) is 12.0. The average molecular weight is 471 g/mol. The monoisotopic (exact) mass is 471 g/mol. The van der Waals surface area contributed by atoms with E-state index in [1.165, 1.54) is 42.7 Å². The molecule has 12 heteroatoms. The van der Waals surface area contributed by atoms with E-state index in [9.17, 15) is 41.3 Å². The molecule has 1 N–H and O–H groups in total. The fourth-order valence-corrected chi connectivity index (χ4v) is 3.47. The number of nitro groups is 1. The summed E-state index contributed by atoms with van der Waals surface area (Å²) in [6, 6.07) is 8.02. The Morgan fingerprint density at radius 3 is 2.12 bits per heavy atom. The number of carbonyl (C=O) groups is 1. The number of para-hydroxylation sites is 1. The third kappa shape index (κ3) is 4.69. The summed E-state index contributed by atoms with van der Waals surface area (Å²) in [5.74, 6) is -0.888. The molecule has 2 aromatic carbocycles. The molecule has 1 aromatic heterocycles. The maximum absolute atomic E-state index is 13.4. The number of anilines is 1. The zero-order chi connectivity index (χ0) is 24.7. The van der Waals surface area contributed by atoms with Gasteiger partial charge in [-0.05, 0) is 44.2 Å². The van der Waals surface area contributed by atoms with Gasteiger partial charge in [0.05, 0.1) is 21.7 Å². The largest absolute Gasteiger partial charge is 0.423 e. The van der Waals surface area contributed by atoms with Crippen molar-refractivity contribution in [1.29, 1.82) is 0 Å². The van der Waals surface area contributed by atoms with Crippen molar-refractivity contribution in [3.63, 3.8) is 0 Å². The van der Waals surface area contributed by atoms with Crippen molar-refractivity contribution in [2.24, 2.45) is 0 Å². The minimum Gasteiger partial charge on any atom is -0.322 e. The van der Waals surface area contributed by atoms with Gasteiger partial charge in [-0.3, -0.25) is 14.9 Å². The Balaban J connectivity index is 2.01. The predicted octanol–water partition coefficient (Wildman–Crippen LogP) is 6.29. The summed E-state index contributed by atoms with van der Waals surface area (Å²) >= 11 is 0. The molecule has 0 fully saturated rings. The fraction of sp³-hybridized carbons (Fsp3) is 0.190. The summed E-state index contributed by atoms with van der Waals surface area (Å²) in [5.41, 5.74) is -3.89. The molecule has 1 heterocycles. The van der Waals surface area contributed by atoms with Gasteiger partial charge in [0, 0.05) is 23.1 Å². The molecule has 0 spiro atoms. The maximum atomic E-state index is 13.4. The van der Waals surface area contributed by atoms with Crippen molar-refractivity contribution in [3.05, 3.63) is 86.7 Å². The van der Waals surface area contributed by atoms with Gasteiger partial charge in [0.2, 0.25) is 0 Å². The van der Waals surface area contributed by atoms with Crippen LogP contribution in [0.15, 0.2) is 48.5 Å². The van der Waals surface area contributed by atoms with E-state index in [1.807, 2.05) is 0 Å². The maximum Gasteiger partial charge on any atom is 0.423 e. The molecule has 0 atom stereocenters. The van der Waals surface area contributed by atoms with E-state index in [1.54, 1.807) is 0 Å². The van der Waals surface area contributed by atoms with Crippen LogP contribution in [0.3, 0.4) is 0 Å². The molecule has 0 saturated carbocycles. The first-order valence-electron chi connectivity index (χ1n) is 9.24. The van der Waals surface area contributed by atoms with Crippen molar-refractivity contribution < 1.29 is 36.1 Å². The first kappa shape index (κ1) is 23.8. The van der Waals surface area contributed by atoms with Crippen LogP contribution in [0.1, 0.15) is 32.9 Å². The smallest absolute Gasteiger partial charge is 0.322 e. The number of nitrogens with one attached hydrogen (secondary N) is 1. The summed E-state index contributed by atoms with van der Waals surface area (Å²) in [6.07, 6.45) is -9.70. The molecule has 0 saturated heterocycles. The molecule has 0 aliphatic heterocycles. The minimum atomic E-state index is -5.04. The molecular formula is C21H15F6N3O3. The zero-order valence-corrected chi connectivity index (χ0v) is 17.0. The fourth-order valence-electron chi connectivity index (χ4n) is 3.47. The number of alkyl halides is 6. The molecule has 33 heavy (non-hydrogen) atoms. The lowest BCUT2D eigenvalue weighted by atomic mass is 10.1. The highest BCUT2D eigenvalue weighted by Crippen LogP contribution is 2.38. The predicted molar refractivity (Wildman–Crippen MR) is 106 cm³/mol. The van der Waals surface area contributed by atoms with E-state index in [0.29, 0.717) is 12.1 Å². The van der Waals surface area contributed by atoms with Crippen LogP contribution in [0.2, 0.25) is 0 Å². The third-order valence-corrected chi connectivity index (χ3v) is 4.88. The first-order chi connectivity index (χ1) is 15.2. The Morgan fingerprint density at radius 1 is 0.939 bits per heavy atom. The number of aromatic nitrogens is 1. The van der Waals surface area contributed by atoms with Crippen molar-refractivity contribution >= 4 is 17.3 Å². The van der Waals surface area contributed by atoms with Crippen molar-refractivity contribution in [3.8, 4) is 5.69 Å². The van der Waals surface area contributed by atoms with Gasteiger partial charge in [-0.1, -0.05) is 12.1 Å². The molecule has 3 aromatic rings. The molecule has 3 rings (SSSR count). The molecule has 0 unspecified atom stereocenters. The molecule has 174 valence electrons. The highest BCUT2D eigenvalue weighted by molar-refractivity contribution is 6.05. The molecule has 1 amide bonds. The van der Waals surface area contributed by atoms with Crippen LogP contribution in [-0.2, 0) is 12.4 Å². The van der Waals surface area contributed by atoms with Crippen LogP contribution in [0.5, 0.6) is 0 Å². The molecule has 0 bridgehead atoms. The second-order valence-corrected chi connectivity index (χ2v) is 7.08. The Kier molecular flexibility index (Phi) is 5.96. The van der Waals surface area contributed by atoms with Crippen molar-refractivity contribution in [2.75, 3.05) is 5.32 Å². The van der Waals surface area contributed by atoms with Gasteiger partial charge < -0.3 is 9.88 Å². The number of amides is 1. The van der Waals surface area contributed by atoms with E-state index < -0.39 is 40.0 Å². The Hall–Kier alpha value is -3.83. The Labute approximate surface area is 182 Å². The summed E-state index contributed by atoms with van der Waals surface area (Å²) in [5, 5.41) is 13.1. The first-order valence-corrected chi connectivity index (χ1v) is 9.24. The van der Waals surface area contributed by atoms with Gasteiger partial charge in [0.1, 0.15) is 5.56 Å². The lowest BCUT2D eigenvalue weighted by Crippen LogP contribution is -2.16. The lowest BCUT2D eigenvalue weighted by molar-refractivity contribution is -0.388. The zero-order valence-electron chi connectivity index (χ0n) is 17.0. The number of nitro benzene ring substituents is 1. The highest BCUT2D eigenvalue weighted by atomic mass is 19.4. The Bertz CT molecular complexity index is 1250. The van der Waals surface area contributed by atoms with Crippen molar-refractivity contribution in [1.82, 2.24) is 4.57 Å². The highest BCUT2D eigenvalue weighted by Gasteiger charge is 2.39. The van der Waals surface area contributed by atoms with E-state index in [2.05, 4.69) is 5.32 Å². The average Bonchev–Trinajstić information content (AvgIpc) is 3.00. The van der Waals surface area contributed by atoms with Crippen molar-refractivity contribution in [2.45, 2.75) is 26.2 Å². The lowest BCUT2D eigenvalue weighted by Gasteiger charge is -2.17. The van der Waals surface area contributed by atoms with Gasteiger partial charge in [-0.25, -0.2) is 0 Å². The van der Waals surface area contributed by atoms with Crippen LogP contribution in [0.25, 0.3) is 5.69 Å². The standard InChI is InChI=1S/C21H15F6N3O3/c1-11-9-14(12(2)29(11)17-6-4-3-5-15(17)20(22,23)24)19(31)28-13-7-8-18(30(32)33)16(10-13)21(25,26)27/h3-10H,1-2H3,(H,28,31). The van der Waals surface area contributed by atoms with Gasteiger partial charge in [-0.2, -0.15) is 26.3 Å². The van der Waals surface area contributed by atoms with E-state index in [0.717, 1.165) is 12.1 Å². The number of hydrogen-bond acceptors (Lipinski definition) is 3.